The number of aromatic amines is 2. The maximum atomic E-state index is 4.68. The lowest BCUT2D eigenvalue weighted by Crippen LogP contribution is -1.90. The fourth-order valence-electron chi connectivity index (χ4n) is 4.92. The van der Waals surface area contributed by atoms with Gasteiger partial charge < -0.3 is 4.98 Å². The SMILES string of the molecule is C=C/C(=C\C(=C/C)c1cnc2n[nH]c(-c3cc4c(-c5ccc(C)s5)ccnc4[nH]3)c2c1)CCc1ccccc1. The highest BCUT2D eigenvalue weighted by Gasteiger charge is 2.16. The Morgan fingerprint density at radius 2 is 1.90 bits per heavy atom. The lowest BCUT2D eigenvalue weighted by atomic mass is 9.99. The van der Waals surface area contributed by atoms with Crippen LogP contribution in [0.4, 0.5) is 0 Å². The fraction of sp³-hybridized carbons (Fsp3) is 0.121. The first kappa shape index (κ1) is 24.8. The Morgan fingerprint density at radius 1 is 1.03 bits per heavy atom. The van der Waals surface area contributed by atoms with Crippen molar-refractivity contribution in [2.45, 2.75) is 26.7 Å². The van der Waals surface area contributed by atoms with Gasteiger partial charge in [-0.1, -0.05) is 55.1 Å². The Bertz CT molecular complexity index is 1850. The van der Waals surface area contributed by atoms with Crippen molar-refractivity contribution in [3.05, 3.63) is 119 Å². The first-order valence-electron chi connectivity index (χ1n) is 13.1. The van der Waals surface area contributed by atoms with Gasteiger partial charge >= 0.3 is 0 Å². The van der Waals surface area contributed by atoms with Crippen molar-refractivity contribution in [1.82, 2.24) is 25.1 Å². The molecule has 1 aromatic carbocycles. The van der Waals surface area contributed by atoms with E-state index < -0.39 is 0 Å². The van der Waals surface area contributed by atoms with Crippen molar-refractivity contribution in [2.24, 2.45) is 0 Å². The average Bonchev–Trinajstić information content (AvgIpc) is 3.71. The second-order valence-electron chi connectivity index (χ2n) is 9.56. The number of H-pyrrole nitrogens is 2. The van der Waals surface area contributed by atoms with Crippen LogP contribution >= 0.6 is 11.3 Å². The smallest absolute Gasteiger partial charge is 0.181 e. The number of rotatable bonds is 8. The van der Waals surface area contributed by atoms with E-state index in [0.29, 0.717) is 5.65 Å². The number of aromatic nitrogens is 5. The zero-order valence-electron chi connectivity index (χ0n) is 22.0. The molecule has 0 amide bonds. The van der Waals surface area contributed by atoms with E-state index in [9.17, 15) is 0 Å². The van der Waals surface area contributed by atoms with E-state index in [1.54, 1.807) is 11.3 Å². The number of aryl methyl sites for hydroxylation is 2. The van der Waals surface area contributed by atoms with Crippen molar-refractivity contribution < 1.29 is 0 Å². The largest absolute Gasteiger partial charge is 0.338 e. The Hall–Kier alpha value is -4.55. The Kier molecular flexibility index (Phi) is 6.78. The van der Waals surface area contributed by atoms with Gasteiger partial charge in [-0.05, 0) is 73.7 Å². The summed E-state index contributed by atoms with van der Waals surface area (Å²) >= 11 is 1.79. The number of allylic oxidation sites excluding steroid dienone is 5. The summed E-state index contributed by atoms with van der Waals surface area (Å²) in [6.07, 6.45) is 11.9. The van der Waals surface area contributed by atoms with Crippen molar-refractivity contribution in [1.29, 1.82) is 0 Å². The van der Waals surface area contributed by atoms with Gasteiger partial charge in [0.15, 0.2) is 5.65 Å². The van der Waals surface area contributed by atoms with Crippen LogP contribution in [0.25, 0.3) is 49.5 Å². The van der Waals surface area contributed by atoms with Crippen LogP contribution in [-0.4, -0.2) is 25.1 Å². The molecule has 0 aliphatic heterocycles. The van der Waals surface area contributed by atoms with E-state index in [1.165, 1.54) is 26.5 Å². The third-order valence-electron chi connectivity index (χ3n) is 7.01. The predicted molar refractivity (Wildman–Crippen MR) is 164 cm³/mol. The maximum absolute atomic E-state index is 4.68. The van der Waals surface area contributed by atoms with E-state index >= 15 is 0 Å². The first-order valence-corrected chi connectivity index (χ1v) is 13.9. The molecule has 5 nitrogen and oxygen atoms in total. The van der Waals surface area contributed by atoms with Gasteiger partial charge in [0.05, 0.1) is 11.4 Å². The van der Waals surface area contributed by atoms with Crippen LogP contribution in [0.3, 0.4) is 0 Å². The molecule has 6 rings (SSSR count). The Balaban J connectivity index is 1.35. The molecule has 0 unspecified atom stereocenters. The Morgan fingerprint density at radius 3 is 2.67 bits per heavy atom. The monoisotopic (exact) mass is 527 g/mol. The normalized spacial score (nSPS) is 12.5. The minimum Gasteiger partial charge on any atom is -0.338 e. The highest BCUT2D eigenvalue weighted by atomic mass is 32.1. The van der Waals surface area contributed by atoms with Gasteiger partial charge in [0, 0.05) is 44.0 Å². The first-order chi connectivity index (χ1) is 19.1. The number of benzene rings is 1. The number of thiophene rings is 1. The van der Waals surface area contributed by atoms with E-state index in [1.807, 2.05) is 18.5 Å². The van der Waals surface area contributed by atoms with Crippen LogP contribution in [0, 0.1) is 6.92 Å². The standard InChI is InChI=1S/C33H29N5S/c1-4-22(12-13-23-9-7-6-8-10-23)17-24(5-2)25-18-28-31(37-38-33(28)35-20-25)29-19-27-26(15-16-34-32(27)36-29)30-14-11-21(3)39-30/h4-11,14-20H,1,12-13H2,2-3H3,(H,34,36)(H,35,37,38)/b22-17+,24-5+. The van der Waals surface area contributed by atoms with Crippen molar-refractivity contribution in [3.63, 3.8) is 0 Å². The van der Waals surface area contributed by atoms with Crippen molar-refractivity contribution in [3.8, 4) is 21.8 Å². The third-order valence-corrected chi connectivity index (χ3v) is 8.04. The maximum Gasteiger partial charge on any atom is 0.181 e. The van der Waals surface area contributed by atoms with Crippen LogP contribution in [0.1, 0.15) is 29.3 Å². The summed E-state index contributed by atoms with van der Waals surface area (Å²) in [6, 6.07) is 21.3. The topological polar surface area (TPSA) is 70.2 Å². The average molecular weight is 528 g/mol. The second kappa shape index (κ2) is 10.7. The number of nitrogens with one attached hydrogen (secondary N) is 2. The zero-order valence-corrected chi connectivity index (χ0v) is 22.8. The molecule has 0 radical (unpaired) electrons. The van der Waals surface area contributed by atoms with Crippen molar-refractivity contribution >= 4 is 39.0 Å². The highest BCUT2D eigenvalue weighted by Crippen LogP contribution is 2.36. The minimum absolute atomic E-state index is 0.682. The molecule has 0 aliphatic carbocycles. The number of nitrogens with zero attached hydrogens (tertiary/aromatic N) is 3. The van der Waals surface area contributed by atoms with Crippen molar-refractivity contribution in [2.75, 3.05) is 0 Å². The summed E-state index contributed by atoms with van der Waals surface area (Å²) in [5.41, 5.74) is 9.21. The minimum atomic E-state index is 0.682. The molecule has 0 bridgehead atoms. The van der Waals surface area contributed by atoms with Gasteiger partial charge in [-0.25, -0.2) is 9.97 Å². The number of pyridine rings is 2. The summed E-state index contributed by atoms with van der Waals surface area (Å²) < 4.78 is 0. The van der Waals surface area contributed by atoms with Gasteiger partial charge in [-0.15, -0.1) is 11.3 Å². The van der Waals surface area contributed by atoms with E-state index in [4.69, 9.17) is 0 Å². The molecule has 5 aromatic heterocycles. The van der Waals surface area contributed by atoms with E-state index in [0.717, 1.165) is 51.8 Å². The number of fused-ring (bicyclic) bond motifs is 2. The third kappa shape index (κ3) is 4.99. The molecule has 39 heavy (non-hydrogen) atoms. The molecule has 0 saturated carbocycles. The second-order valence-corrected chi connectivity index (χ2v) is 10.8. The van der Waals surface area contributed by atoms with Crippen LogP contribution in [0.2, 0.25) is 0 Å². The molecule has 0 spiro atoms. The summed E-state index contributed by atoms with van der Waals surface area (Å²) in [4.78, 5) is 15.3. The van der Waals surface area contributed by atoms with Gasteiger partial charge in [0.1, 0.15) is 5.65 Å². The molecular weight excluding hydrogens is 498 g/mol. The molecule has 6 heteroatoms. The summed E-state index contributed by atoms with van der Waals surface area (Å²) in [5, 5.41) is 9.75. The molecule has 2 N–H and O–H groups in total. The van der Waals surface area contributed by atoms with Crippen LogP contribution in [-0.2, 0) is 6.42 Å². The lowest BCUT2D eigenvalue weighted by Gasteiger charge is -2.07. The Labute approximate surface area is 231 Å². The van der Waals surface area contributed by atoms with Gasteiger partial charge in [0.25, 0.3) is 0 Å². The fourth-order valence-corrected chi connectivity index (χ4v) is 5.83. The quantitative estimate of drug-likeness (QED) is 0.195. The highest BCUT2D eigenvalue weighted by molar-refractivity contribution is 7.15. The molecule has 0 aliphatic rings. The van der Waals surface area contributed by atoms with Gasteiger partial charge in [-0.2, -0.15) is 5.10 Å². The summed E-state index contributed by atoms with van der Waals surface area (Å²) in [5.74, 6) is 0. The van der Waals surface area contributed by atoms with E-state index in [-0.39, 0.29) is 0 Å². The molecule has 6 aromatic rings. The number of hydrogen-bond donors (Lipinski definition) is 2. The number of hydrogen-bond acceptors (Lipinski definition) is 4. The van der Waals surface area contributed by atoms with Crippen LogP contribution in [0.5, 0.6) is 0 Å². The zero-order chi connectivity index (χ0) is 26.8. The molecular formula is C33H29N5S. The van der Waals surface area contributed by atoms with Gasteiger partial charge in [-0.3, -0.25) is 5.10 Å². The summed E-state index contributed by atoms with van der Waals surface area (Å²) in [6.45, 7) is 8.25. The molecule has 0 fully saturated rings. The lowest BCUT2D eigenvalue weighted by molar-refractivity contribution is 0.966. The molecule has 5 heterocycles. The van der Waals surface area contributed by atoms with Crippen LogP contribution in [0.15, 0.2) is 103 Å². The predicted octanol–water partition coefficient (Wildman–Crippen LogP) is 8.69. The molecule has 0 saturated heterocycles. The van der Waals surface area contributed by atoms with Crippen LogP contribution < -0.4 is 0 Å². The van der Waals surface area contributed by atoms with Gasteiger partial charge in [0.2, 0.25) is 0 Å². The summed E-state index contributed by atoms with van der Waals surface area (Å²) in [7, 11) is 0. The molecule has 192 valence electrons. The van der Waals surface area contributed by atoms with E-state index in [2.05, 4.69) is 118 Å². The molecule has 0 atom stereocenters.